The maximum Gasteiger partial charge on any atom is 0.294 e. The maximum absolute atomic E-state index is 12.4. The summed E-state index contributed by atoms with van der Waals surface area (Å²) in [7, 11) is 0. The molecule has 4 nitrogen and oxygen atoms in total. The zero-order valence-electron chi connectivity index (χ0n) is 11.7. The van der Waals surface area contributed by atoms with Crippen molar-refractivity contribution < 1.29 is 4.79 Å². The Morgan fingerprint density at radius 1 is 0.913 bits per heavy atom. The van der Waals surface area contributed by atoms with Crippen LogP contribution in [0.5, 0.6) is 0 Å². The molecule has 0 atom stereocenters. The molecule has 0 saturated heterocycles. The molecule has 0 spiro atoms. The topological polar surface area (TPSA) is 52.0 Å². The molecule has 2 aromatic carbocycles. The van der Waals surface area contributed by atoms with E-state index >= 15 is 0 Å². The zero-order valence-corrected chi connectivity index (χ0v) is 13.3. The molecule has 3 aromatic rings. The van der Waals surface area contributed by atoms with Gasteiger partial charge in [-0.05, 0) is 23.3 Å². The van der Waals surface area contributed by atoms with Gasteiger partial charge in [0.15, 0.2) is 0 Å². The van der Waals surface area contributed by atoms with E-state index in [0.717, 1.165) is 11.1 Å². The quantitative estimate of drug-likeness (QED) is 0.708. The monoisotopic (exact) mass is 344 g/mol. The second kappa shape index (κ2) is 6.36. The predicted octanol–water partition coefficient (Wildman–Crippen LogP) is 3.91. The molecule has 0 fully saturated rings. The fourth-order valence-electron chi connectivity index (χ4n) is 2.12. The first-order chi connectivity index (χ1) is 11.1. The molecule has 23 heavy (non-hydrogen) atoms. The Balaban J connectivity index is 1.95. The molecule has 0 aliphatic heterocycles. The number of aromatic nitrogens is 2. The summed E-state index contributed by atoms with van der Waals surface area (Å²) >= 11 is 11.5. The van der Waals surface area contributed by atoms with Gasteiger partial charge in [0, 0.05) is 5.56 Å². The molecule has 0 unspecified atom stereocenters. The molecule has 114 valence electrons. The molecular weight excluding hydrogens is 335 g/mol. The van der Waals surface area contributed by atoms with Crippen LogP contribution in [0.15, 0.2) is 65.6 Å². The predicted molar refractivity (Wildman–Crippen MR) is 90.1 cm³/mol. The maximum atomic E-state index is 12.4. The third-order valence-corrected chi connectivity index (χ3v) is 4.06. The highest BCUT2D eigenvalue weighted by Crippen LogP contribution is 2.20. The van der Waals surface area contributed by atoms with Crippen molar-refractivity contribution in [3.05, 3.63) is 86.8 Å². The van der Waals surface area contributed by atoms with Gasteiger partial charge in [0.25, 0.3) is 11.5 Å². The molecule has 6 heteroatoms. The van der Waals surface area contributed by atoms with E-state index in [4.69, 9.17) is 23.2 Å². The van der Waals surface area contributed by atoms with E-state index in [2.05, 4.69) is 5.10 Å². The van der Waals surface area contributed by atoms with Gasteiger partial charge in [0.2, 0.25) is 0 Å². The summed E-state index contributed by atoms with van der Waals surface area (Å²) in [6, 6.07) is 16.7. The van der Waals surface area contributed by atoms with Crippen LogP contribution in [-0.4, -0.2) is 15.7 Å². The number of nitrogens with zero attached hydrogens (tertiary/aromatic N) is 2. The van der Waals surface area contributed by atoms with Crippen LogP contribution in [0.3, 0.4) is 0 Å². The van der Waals surface area contributed by atoms with Crippen LogP contribution in [0.25, 0.3) is 11.1 Å². The van der Waals surface area contributed by atoms with Crippen molar-refractivity contribution in [2.75, 3.05) is 0 Å². The summed E-state index contributed by atoms with van der Waals surface area (Å²) in [5, 5.41) is 3.52. The highest BCUT2D eigenvalue weighted by atomic mass is 35.5. The van der Waals surface area contributed by atoms with Gasteiger partial charge in [0.1, 0.15) is 5.02 Å². The van der Waals surface area contributed by atoms with E-state index in [0.29, 0.717) is 10.2 Å². The Hall–Kier alpha value is -2.43. The van der Waals surface area contributed by atoms with Gasteiger partial charge in [-0.15, -0.1) is 0 Å². The molecule has 3 rings (SSSR count). The Morgan fingerprint density at radius 2 is 1.52 bits per heavy atom. The second-order valence-electron chi connectivity index (χ2n) is 4.77. The van der Waals surface area contributed by atoms with Gasteiger partial charge in [-0.2, -0.15) is 9.78 Å². The van der Waals surface area contributed by atoms with Crippen LogP contribution in [0, 0.1) is 0 Å². The standard InChI is InChI=1S/C17H10Cl2N2O2/c18-14-10-20-21(17(23)15(14)19)16(22)13-8-6-12(7-9-13)11-4-2-1-3-5-11/h1-10H. The SMILES string of the molecule is O=C(c1ccc(-c2ccccc2)cc1)n1ncc(Cl)c(Cl)c1=O. The minimum Gasteiger partial charge on any atom is -0.267 e. The molecule has 0 N–H and O–H groups in total. The lowest BCUT2D eigenvalue weighted by atomic mass is 10.0. The van der Waals surface area contributed by atoms with E-state index in [1.807, 2.05) is 42.5 Å². The highest BCUT2D eigenvalue weighted by Gasteiger charge is 2.15. The number of halogens is 2. The van der Waals surface area contributed by atoms with E-state index in [1.165, 1.54) is 6.20 Å². The molecule has 1 heterocycles. The van der Waals surface area contributed by atoms with Gasteiger partial charge in [-0.25, -0.2) is 0 Å². The largest absolute Gasteiger partial charge is 0.294 e. The number of hydrogen-bond donors (Lipinski definition) is 0. The zero-order chi connectivity index (χ0) is 16.4. The average Bonchev–Trinajstić information content (AvgIpc) is 2.60. The Morgan fingerprint density at radius 3 is 2.17 bits per heavy atom. The Bertz CT molecular complexity index is 920. The van der Waals surface area contributed by atoms with Crippen molar-refractivity contribution >= 4 is 29.1 Å². The first-order valence-electron chi connectivity index (χ1n) is 6.71. The molecule has 0 aliphatic rings. The Labute approximate surface area is 141 Å². The molecule has 1 aromatic heterocycles. The fraction of sp³-hybridized carbons (Fsp3) is 0. The minimum absolute atomic E-state index is 0.0140. The van der Waals surface area contributed by atoms with Crippen molar-refractivity contribution in [1.29, 1.82) is 0 Å². The molecule has 0 amide bonds. The van der Waals surface area contributed by atoms with Crippen LogP contribution in [0.2, 0.25) is 10.0 Å². The normalized spacial score (nSPS) is 10.5. The summed E-state index contributed by atoms with van der Waals surface area (Å²) in [4.78, 5) is 24.3. The molecular formula is C17H10Cl2N2O2. The number of rotatable bonds is 2. The number of carbonyl (C=O) groups excluding carboxylic acids is 1. The van der Waals surface area contributed by atoms with Gasteiger partial charge < -0.3 is 0 Å². The molecule has 0 aliphatic carbocycles. The number of hydrogen-bond acceptors (Lipinski definition) is 3. The van der Waals surface area contributed by atoms with Crippen molar-refractivity contribution in [3.8, 4) is 11.1 Å². The number of benzene rings is 2. The van der Waals surface area contributed by atoms with Gasteiger partial charge in [0.05, 0.1) is 11.2 Å². The van der Waals surface area contributed by atoms with Crippen molar-refractivity contribution in [1.82, 2.24) is 9.78 Å². The van der Waals surface area contributed by atoms with Crippen molar-refractivity contribution in [2.24, 2.45) is 0 Å². The first-order valence-corrected chi connectivity index (χ1v) is 7.47. The second-order valence-corrected chi connectivity index (χ2v) is 5.56. The van der Waals surface area contributed by atoms with E-state index in [1.54, 1.807) is 12.1 Å². The minimum atomic E-state index is -0.740. The fourth-order valence-corrected chi connectivity index (χ4v) is 2.37. The lowest BCUT2D eigenvalue weighted by Crippen LogP contribution is -2.30. The lowest BCUT2D eigenvalue weighted by Gasteiger charge is -2.06. The summed E-state index contributed by atoms with van der Waals surface area (Å²) in [5.41, 5.74) is 1.60. The summed E-state index contributed by atoms with van der Waals surface area (Å²) in [5.74, 6) is -0.562. The van der Waals surface area contributed by atoms with Crippen LogP contribution in [0.4, 0.5) is 0 Å². The summed E-state index contributed by atoms with van der Waals surface area (Å²) < 4.78 is 0.700. The Kier molecular flexibility index (Phi) is 4.28. The smallest absolute Gasteiger partial charge is 0.267 e. The van der Waals surface area contributed by atoms with Crippen LogP contribution >= 0.6 is 23.2 Å². The van der Waals surface area contributed by atoms with Crippen LogP contribution in [0.1, 0.15) is 10.4 Å². The van der Waals surface area contributed by atoms with Gasteiger partial charge in [-0.3, -0.25) is 9.59 Å². The first kappa shape index (κ1) is 15.5. The van der Waals surface area contributed by atoms with E-state index < -0.39 is 11.5 Å². The third kappa shape index (κ3) is 3.04. The van der Waals surface area contributed by atoms with Crippen molar-refractivity contribution in [3.63, 3.8) is 0 Å². The lowest BCUT2D eigenvalue weighted by molar-refractivity contribution is 0.0939. The van der Waals surface area contributed by atoms with Crippen LogP contribution < -0.4 is 5.56 Å². The van der Waals surface area contributed by atoms with Crippen molar-refractivity contribution in [2.45, 2.75) is 0 Å². The summed E-state index contributed by atoms with van der Waals surface area (Å²) in [6.45, 7) is 0. The highest BCUT2D eigenvalue weighted by molar-refractivity contribution is 6.41. The van der Waals surface area contributed by atoms with Crippen LogP contribution in [-0.2, 0) is 0 Å². The molecule has 0 radical (unpaired) electrons. The summed E-state index contributed by atoms with van der Waals surface area (Å²) in [6.07, 6.45) is 1.17. The third-order valence-electron chi connectivity index (χ3n) is 3.31. The molecule has 0 saturated carbocycles. The number of carbonyl (C=O) groups is 1. The molecule has 0 bridgehead atoms. The average molecular weight is 345 g/mol. The van der Waals surface area contributed by atoms with Gasteiger partial charge in [-0.1, -0.05) is 65.7 Å². The van der Waals surface area contributed by atoms with Gasteiger partial charge >= 0.3 is 0 Å². The van der Waals surface area contributed by atoms with E-state index in [9.17, 15) is 9.59 Å². The van der Waals surface area contributed by atoms with E-state index in [-0.39, 0.29) is 10.0 Å².